The van der Waals surface area contributed by atoms with Crippen LogP contribution in [-0.2, 0) is 0 Å². The van der Waals surface area contributed by atoms with E-state index in [-0.39, 0.29) is 0 Å². The predicted octanol–water partition coefficient (Wildman–Crippen LogP) is 2.52. The van der Waals surface area contributed by atoms with Crippen molar-refractivity contribution in [1.29, 1.82) is 0 Å². The second-order valence-corrected chi connectivity index (χ2v) is 4.75. The highest BCUT2D eigenvalue weighted by molar-refractivity contribution is 6.34. The summed E-state index contributed by atoms with van der Waals surface area (Å²) in [6.45, 7) is 0.960. The Bertz CT molecular complexity index is 629. The highest BCUT2D eigenvalue weighted by atomic mass is 35.5. The van der Waals surface area contributed by atoms with Gasteiger partial charge in [0.1, 0.15) is 12.4 Å². The van der Waals surface area contributed by atoms with Gasteiger partial charge in [-0.15, -0.1) is 0 Å². The number of hydrogen-bond acceptors (Lipinski definition) is 4. The van der Waals surface area contributed by atoms with Crippen molar-refractivity contribution in [2.24, 2.45) is 11.5 Å². The predicted molar refractivity (Wildman–Crippen MR) is 84.2 cm³/mol. The molecular weight excluding hydrogens is 290 g/mol. The molecule has 0 bridgehead atoms. The molecule has 110 valence electrons. The lowest BCUT2D eigenvalue weighted by Gasteiger charge is -2.09. The average molecular weight is 306 g/mol. The summed E-state index contributed by atoms with van der Waals surface area (Å²) < 4.78 is 5.40. The first-order valence-electron chi connectivity index (χ1n) is 6.39. The number of halogens is 1. The third kappa shape index (κ3) is 4.11. The number of primary amides is 1. The van der Waals surface area contributed by atoms with Crippen molar-refractivity contribution < 1.29 is 9.53 Å². The van der Waals surface area contributed by atoms with Crippen LogP contribution in [0.3, 0.4) is 0 Å². The number of anilines is 2. The highest BCUT2D eigenvalue weighted by Crippen LogP contribution is 2.24. The monoisotopic (exact) mass is 305 g/mol. The van der Waals surface area contributed by atoms with Gasteiger partial charge in [0.2, 0.25) is 5.91 Å². The molecule has 0 fully saturated rings. The summed E-state index contributed by atoms with van der Waals surface area (Å²) in [5.74, 6) is 0.209. The maximum atomic E-state index is 11.1. The molecule has 0 aliphatic carbocycles. The molecule has 0 aromatic heterocycles. The Balaban J connectivity index is 2.07. The molecule has 2 rings (SSSR count). The summed E-state index contributed by atoms with van der Waals surface area (Å²) in [5, 5.41) is 3.49. The van der Waals surface area contributed by atoms with Crippen molar-refractivity contribution in [3.63, 3.8) is 0 Å². The fourth-order valence-electron chi connectivity index (χ4n) is 1.77. The average Bonchev–Trinajstić information content (AvgIpc) is 2.46. The fraction of sp³-hybridized carbons (Fsp3) is 0.133. The van der Waals surface area contributed by atoms with E-state index in [0.717, 1.165) is 17.1 Å². The fourth-order valence-corrected chi connectivity index (χ4v) is 2.04. The molecule has 1 amide bonds. The van der Waals surface area contributed by atoms with E-state index in [4.69, 9.17) is 27.8 Å². The van der Waals surface area contributed by atoms with E-state index in [1.807, 2.05) is 24.3 Å². The maximum Gasteiger partial charge on any atom is 0.250 e. The second-order valence-electron chi connectivity index (χ2n) is 4.35. The summed E-state index contributed by atoms with van der Waals surface area (Å²) in [5.41, 5.74) is 12.5. The first-order chi connectivity index (χ1) is 10.1. The van der Waals surface area contributed by atoms with Crippen LogP contribution in [0, 0.1) is 0 Å². The third-order valence-corrected chi connectivity index (χ3v) is 3.08. The molecule has 5 N–H and O–H groups in total. The number of ether oxygens (including phenoxy) is 1. The van der Waals surface area contributed by atoms with Crippen LogP contribution in [0.2, 0.25) is 5.02 Å². The lowest BCUT2D eigenvalue weighted by molar-refractivity contribution is 0.100. The number of carbonyl (C=O) groups is 1. The maximum absolute atomic E-state index is 11.1. The Kier molecular flexibility index (Phi) is 5.03. The first kappa shape index (κ1) is 15.2. The summed E-state index contributed by atoms with van der Waals surface area (Å²) >= 11 is 6.00. The van der Waals surface area contributed by atoms with Gasteiger partial charge in [0.05, 0.1) is 10.6 Å². The number of amides is 1. The van der Waals surface area contributed by atoms with Gasteiger partial charge in [-0.05, 0) is 42.5 Å². The van der Waals surface area contributed by atoms with E-state index in [1.165, 1.54) is 0 Å². The zero-order valence-electron chi connectivity index (χ0n) is 11.3. The summed E-state index contributed by atoms with van der Waals surface area (Å²) in [7, 11) is 0. The van der Waals surface area contributed by atoms with E-state index in [9.17, 15) is 4.79 Å². The van der Waals surface area contributed by atoms with Crippen molar-refractivity contribution >= 4 is 28.9 Å². The van der Waals surface area contributed by atoms with Crippen LogP contribution < -0.4 is 21.5 Å². The SMILES string of the molecule is NCCOc1ccc(Nc2ccc(C(N)=O)c(Cl)c2)cc1. The number of carbonyl (C=O) groups excluding carboxylic acids is 1. The van der Waals surface area contributed by atoms with Crippen LogP contribution in [-0.4, -0.2) is 19.1 Å². The first-order valence-corrected chi connectivity index (χ1v) is 6.77. The number of nitrogens with one attached hydrogen (secondary N) is 1. The topological polar surface area (TPSA) is 90.4 Å². The zero-order chi connectivity index (χ0) is 15.2. The molecule has 6 heteroatoms. The van der Waals surface area contributed by atoms with Gasteiger partial charge in [-0.25, -0.2) is 0 Å². The van der Waals surface area contributed by atoms with Crippen molar-refractivity contribution in [2.75, 3.05) is 18.5 Å². The quantitative estimate of drug-likeness (QED) is 0.765. The molecule has 2 aromatic carbocycles. The molecule has 0 heterocycles. The van der Waals surface area contributed by atoms with Gasteiger partial charge in [0, 0.05) is 17.9 Å². The van der Waals surface area contributed by atoms with Gasteiger partial charge in [-0.2, -0.15) is 0 Å². The van der Waals surface area contributed by atoms with Crippen LogP contribution in [0.5, 0.6) is 5.75 Å². The minimum absolute atomic E-state index is 0.299. The largest absolute Gasteiger partial charge is 0.492 e. The van der Waals surface area contributed by atoms with Gasteiger partial charge in [0.25, 0.3) is 0 Å². The molecular formula is C15H16ClN3O2. The smallest absolute Gasteiger partial charge is 0.250 e. The molecule has 0 aliphatic rings. The van der Waals surface area contributed by atoms with Crippen LogP contribution in [0.25, 0.3) is 0 Å². The Labute approximate surface area is 127 Å². The van der Waals surface area contributed by atoms with Crippen LogP contribution in [0.1, 0.15) is 10.4 Å². The molecule has 2 aromatic rings. The lowest BCUT2D eigenvalue weighted by atomic mass is 10.2. The van der Waals surface area contributed by atoms with Crippen LogP contribution >= 0.6 is 11.6 Å². The lowest BCUT2D eigenvalue weighted by Crippen LogP contribution is -2.11. The van der Waals surface area contributed by atoms with E-state index in [1.54, 1.807) is 18.2 Å². The highest BCUT2D eigenvalue weighted by Gasteiger charge is 2.07. The number of hydrogen-bond donors (Lipinski definition) is 3. The van der Waals surface area contributed by atoms with E-state index < -0.39 is 5.91 Å². The molecule has 0 radical (unpaired) electrons. The molecule has 0 saturated carbocycles. The van der Waals surface area contributed by atoms with E-state index >= 15 is 0 Å². The Morgan fingerprint density at radius 1 is 1.14 bits per heavy atom. The van der Waals surface area contributed by atoms with Gasteiger partial charge in [0.15, 0.2) is 0 Å². The zero-order valence-corrected chi connectivity index (χ0v) is 12.1. The van der Waals surface area contributed by atoms with Crippen molar-refractivity contribution in [3.8, 4) is 5.75 Å². The van der Waals surface area contributed by atoms with Gasteiger partial charge in [-0.1, -0.05) is 11.6 Å². The molecule has 21 heavy (non-hydrogen) atoms. The minimum Gasteiger partial charge on any atom is -0.492 e. The molecule has 0 saturated heterocycles. The summed E-state index contributed by atoms with van der Waals surface area (Å²) in [6, 6.07) is 12.4. The van der Waals surface area contributed by atoms with Crippen LogP contribution in [0.15, 0.2) is 42.5 Å². The Hall–Kier alpha value is -2.24. The van der Waals surface area contributed by atoms with Gasteiger partial charge >= 0.3 is 0 Å². The van der Waals surface area contributed by atoms with Gasteiger partial charge < -0.3 is 21.5 Å². The molecule has 0 aliphatic heterocycles. The molecule has 0 unspecified atom stereocenters. The van der Waals surface area contributed by atoms with E-state index in [2.05, 4.69) is 5.32 Å². The number of rotatable bonds is 6. The minimum atomic E-state index is -0.548. The Morgan fingerprint density at radius 2 is 1.81 bits per heavy atom. The van der Waals surface area contributed by atoms with Crippen molar-refractivity contribution in [1.82, 2.24) is 0 Å². The van der Waals surface area contributed by atoms with Gasteiger partial charge in [-0.3, -0.25) is 4.79 Å². The summed E-state index contributed by atoms with van der Waals surface area (Å²) in [4.78, 5) is 11.1. The van der Waals surface area contributed by atoms with Crippen LogP contribution in [0.4, 0.5) is 11.4 Å². The van der Waals surface area contributed by atoms with Crippen molar-refractivity contribution in [3.05, 3.63) is 53.1 Å². The van der Waals surface area contributed by atoms with Crippen molar-refractivity contribution in [2.45, 2.75) is 0 Å². The molecule has 0 spiro atoms. The Morgan fingerprint density at radius 3 is 2.38 bits per heavy atom. The second kappa shape index (κ2) is 6.97. The third-order valence-electron chi connectivity index (χ3n) is 2.76. The normalized spacial score (nSPS) is 10.2. The molecule has 0 atom stereocenters. The number of nitrogens with two attached hydrogens (primary N) is 2. The standard InChI is InChI=1S/C15H16ClN3O2/c16-14-9-11(3-6-13(14)15(18)20)19-10-1-4-12(5-2-10)21-8-7-17/h1-6,9,19H,7-8,17H2,(H2,18,20). The van der Waals surface area contributed by atoms with E-state index in [0.29, 0.717) is 23.7 Å². The molecule has 5 nitrogen and oxygen atoms in total. The number of benzene rings is 2. The summed E-state index contributed by atoms with van der Waals surface area (Å²) in [6.07, 6.45) is 0.